The van der Waals surface area contributed by atoms with Crippen LogP contribution in [0.5, 0.6) is 5.75 Å². The zero-order chi connectivity index (χ0) is 29.8. The molecule has 0 saturated heterocycles. The van der Waals surface area contributed by atoms with Crippen molar-refractivity contribution in [1.29, 1.82) is 0 Å². The lowest BCUT2D eigenvalue weighted by atomic mass is 10.1. The van der Waals surface area contributed by atoms with Gasteiger partial charge in [-0.15, -0.1) is 0 Å². The number of unbranched alkanes of at least 4 members (excludes halogenated alkanes) is 1. The maximum Gasteiger partial charge on any atom is 0.356 e. The van der Waals surface area contributed by atoms with Gasteiger partial charge in [0.2, 0.25) is 0 Å². The van der Waals surface area contributed by atoms with Gasteiger partial charge in [0.05, 0.1) is 24.2 Å². The lowest BCUT2D eigenvalue weighted by molar-refractivity contribution is 0.0435. The number of pyridine rings is 1. The molecule has 1 aromatic heterocycles. The molecule has 2 N–H and O–H groups in total. The summed E-state index contributed by atoms with van der Waals surface area (Å²) in [6.45, 7) is 4.74. The van der Waals surface area contributed by atoms with Crippen molar-refractivity contribution in [3.05, 3.63) is 89.2 Å². The van der Waals surface area contributed by atoms with E-state index < -0.39 is 21.9 Å². The number of amides is 2. The van der Waals surface area contributed by atoms with Crippen LogP contribution < -0.4 is 14.8 Å². The van der Waals surface area contributed by atoms with Gasteiger partial charge in [0, 0.05) is 18.3 Å². The van der Waals surface area contributed by atoms with Gasteiger partial charge in [0.15, 0.2) is 0 Å². The van der Waals surface area contributed by atoms with Crippen molar-refractivity contribution in [2.75, 3.05) is 20.3 Å². The molecule has 2 amide bonds. The van der Waals surface area contributed by atoms with Crippen molar-refractivity contribution in [2.24, 2.45) is 5.92 Å². The van der Waals surface area contributed by atoms with Gasteiger partial charge in [-0.25, -0.2) is 22.9 Å². The van der Waals surface area contributed by atoms with Crippen molar-refractivity contribution in [2.45, 2.75) is 44.4 Å². The summed E-state index contributed by atoms with van der Waals surface area (Å²) in [5.74, 6) is -0.931. The van der Waals surface area contributed by atoms with E-state index in [9.17, 15) is 22.8 Å². The average Bonchev–Trinajstić information content (AvgIpc) is 2.98. The van der Waals surface area contributed by atoms with Gasteiger partial charge in [0.25, 0.3) is 21.8 Å². The maximum absolute atomic E-state index is 12.7. The molecule has 0 fully saturated rings. The van der Waals surface area contributed by atoms with Crippen LogP contribution in [0.3, 0.4) is 0 Å². The Morgan fingerprint density at radius 1 is 0.976 bits per heavy atom. The zero-order valence-corrected chi connectivity index (χ0v) is 24.2. The van der Waals surface area contributed by atoms with Crippen molar-refractivity contribution < 1.29 is 32.3 Å². The van der Waals surface area contributed by atoms with Gasteiger partial charge in [-0.05, 0) is 72.9 Å². The van der Waals surface area contributed by atoms with E-state index in [0.717, 1.165) is 36.8 Å². The quantitative estimate of drug-likeness (QED) is 0.270. The summed E-state index contributed by atoms with van der Waals surface area (Å²) in [5, 5.41) is 2.79. The van der Waals surface area contributed by atoms with Crippen molar-refractivity contribution in [3.63, 3.8) is 0 Å². The predicted molar refractivity (Wildman–Crippen MR) is 153 cm³/mol. The molecule has 41 heavy (non-hydrogen) atoms. The first-order valence-corrected chi connectivity index (χ1v) is 14.8. The highest BCUT2D eigenvalue weighted by atomic mass is 32.2. The number of esters is 1. The molecule has 10 nitrogen and oxygen atoms in total. The number of nitrogens with zero attached hydrogens (tertiary/aromatic N) is 1. The molecule has 3 aromatic rings. The molecule has 218 valence electrons. The smallest absolute Gasteiger partial charge is 0.356 e. The number of aromatic nitrogens is 1. The number of sulfonamides is 1. The van der Waals surface area contributed by atoms with Crippen LogP contribution in [0.4, 0.5) is 0 Å². The van der Waals surface area contributed by atoms with Crippen LogP contribution in [0.25, 0.3) is 0 Å². The van der Waals surface area contributed by atoms with Crippen LogP contribution in [0, 0.1) is 5.92 Å². The van der Waals surface area contributed by atoms with Gasteiger partial charge in [0.1, 0.15) is 11.4 Å². The van der Waals surface area contributed by atoms with Crippen LogP contribution in [-0.2, 0) is 21.2 Å². The Morgan fingerprint density at radius 2 is 1.71 bits per heavy atom. The first kappa shape index (κ1) is 31.3. The fourth-order valence-corrected chi connectivity index (χ4v) is 4.83. The summed E-state index contributed by atoms with van der Waals surface area (Å²) < 4.78 is 37.9. The SMILES string of the molecule is CCCCC(C)COC(=O)c1ccc(C(=O)NS(=O)(=O)c2ccc(C(=O)NCCc3cccc(OC)c3)cc2)cn1. The number of benzene rings is 2. The molecule has 1 heterocycles. The molecule has 0 bridgehead atoms. The molecule has 0 aliphatic heterocycles. The van der Waals surface area contributed by atoms with Gasteiger partial charge in [-0.1, -0.05) is 38.8 Å². The predicted octanol–water partition coefficient (Wildman–Crippen LogP) is 4.16. The number of ether oxygens (including phenoxy) is 2. The average molecular weight is 582 g/mol. The van der Waals surface area contributed by atoms with E-state index in [1.54, 1.807) is 7.11 Å². The number of methoxy groups -OCH3 is 1. The third-order valence-corrected chi connectivity index (χ3v) is 7.62. The second-order valence-corrected chi connectivity index (χ2v) is 11.3. The van der Waals surface area contributed by atoms with Crippen LogP contribution >= 0.6 is 0 Å². The van der Waals surface area contributed by atoms with Crippen LogP contribution in [0.15, 0.2) is 71.8 Å². The van der Waals surface area contributed by atoms with Gasteiger partial charge >= 0.3 is 5.97 Å². The van der Waals surface area contributed by atoms with Gasteiger partial charge in [-0.2, -0.15) is 0 Å². The third kappa shape index (κ3) is 9.42. The Hall–Kier alpha value is -4.25. The maximum atomic E-state index is 12.7. The molecule has 0 spiro atoms. The Kier molecular flexibility index (Phi) is 11.4. The second-order valence-electron chi connectivity index (χ2n) is 9.59. The van der Waals surface area contributed by atoms with Crippen molar-refractivity contribution >= 4 is 27.8 Å². The van der Waals surface area contributed by atoms with E-state index in [1.807, 2.05) is 35.9 Å². The summed E-state index contributed by atoms with van der Waals surface area (Å²) in [4.78, 5) is 41.0. The summed E-state index contributed by atoms with van der Waals surface area (Å²) in [7, 11) is -2.64. The van der Waals surface area contributed by atoms with Crippen molar-refractivity contribution in [3.8, 4) is 5.75 Å². The largest absolute Gasteiger partial charge is 0.497 e. The first-order chi connectivity index (χ1) is 19.6. The molecular formula is C30H35N3O7S. The van der Waals surface area contributed by atoms with E-state index in [2.05, 4.69) is 17.2 Å². The molecule has 0 radical (unpaired) electrons. The minimum absolute atomic E-state index is 0.0180. The van der Waals surface area contributed by atoms with E-state index >= 15 is 0 Å². The van der Waals surface area contributed by atoms with Crippen molar-refractivity contribution in [1.82, 2.24) is 15.0 Å². The normalized spacial score (nSPS) is 11.8. The number of hydrogen-bond acceptors (Lipinski definition) is 8. The molecule has 0 saturated carbocycles. The summed E-state index contributed by atoms with van der Waals surface area (Å²) in [6, 6.07) is 15.3. The summed E-state index contributed by atoms with van der Waals surface area (Å²) >= 11 is 0. The second kappa shape index (κ2) is 14.9. The Bertz CT molecular complexity index is 1440. The van der Waals surface area contributed by atoms with E-state index in [-0.39, 0.29) is 40.1 Å². The molecule has 2 aromatic carbocycles. The fraction of sp³-hybridized carbons (Fsp3) is 0.333. The summed E-state index contributed by atoms with van der Waals surface area (Å²) in [6.07, 6.45) is 4.77. The first-order valence-electron chi connectivity index (χ1n) is 13.3. The highest BCUT2D eigenvalue weighted by molar-refractivity contribution is 7.90. The number of carbonyl (C=O) groups is 3. The van der Waals surface area contributed by atoms with E-state index in [1.165, 1.54) is 36.4 Å². The highest BCUT2D eigenvalue weighted by Gasteiger charge is 2.20. The molecule has 11 heteroatoms. The zero-order valence-electron chi connectivity index (χ0n) is 23.4. The topological polar surface area (TPSA) is 141 Å². The molecule has 0 aliphatic carbocycles. The third-order valence-electron chi connectivity index (χ3n) is 6.27. The Labute approximate surface area is 240 Å². The number of rotatable bonds is 14. The lowest BCUT2D eigenvalue weighted by Crippen LogP contribution is -2.31. The lowest BCUT2D eigenvalue weighted by Gasteiger charge is -2.11. The number of carbonyl (C=O) groups excluding carboxylic acids is 3. The molecule has 1 atom stereocenters. The number of nitrogens with one attached hydrogen (secondary N) is 2. The molecule has 1 unspecified atom stereocenters. The van der Waals surface area contributed by atoms with Gasteiger partial charge < -0.3 is 14.8 Å². The Balaban J connectivity index is 1.52. The monoisotopic (exact) mass is 581 g/mol. The van der Waals surface area contributed by atoms with E-state index in [4.69, 9.17) is 9.47 Å². The Morgan fingerprint density at radius 3 is 2.37 bits per heavy atom. The minimum Gasteiger partial charge on any atom is -0.497 e. The van der Waals surface area contributed by atoms with E-state index in [0.29, 0.717) is 13.0 Å². The number of hydrogen-bond donors (Lipinski definition) is 2. The molecular weight excluding hydrogens is 546 g/mol. The van der Waals surface area contributed by atoms with Gasteiger partial charge in [-0.3, -0.25) is 9.59 Å². The molecule has 3 rings (SSSR count). The molecule has 0 aliphatic rings. The standard InChI is InChI=1S/C30H35N3O7S/c1-4-5-7-21(2)20-40-30(36)27-15-12-24(19-32-27)29(35)33-41(37,38)26-13-10-23(11-14-26)28(34)31-17-16-22-8-6-9-25(18-22)39-3/h6,8-15,18-19,21H,4-5,7,16-17,20H2,1-3H3,(H,31,34)(H,33,35). The van der Waals surface area contributed by atoms with Crippen LogP contribution in [0.1, 0.15) is 69.9 Å². The van der Waals surface area contributed by atoms with Crippen LogP contribution in [-0.4, -0.2) is 51.4 Å². The van der Waals surface area contributed by atoms with Crippen LogP contribution in [0.2, 0.25) is 0 Å². The highest BCUT2D eigenvalue weighted by Crippen LogP contribution is 2.14. The summed E-state index contributed by atoms with van der Waals surface area (Å²) in [5.41, 5.74) is 1.24. The minimum atomic E-state index is -4.22. The fourth-order valence-electron chi connectivity index (χ4n) is 3.85.